The van der Waals surface area contributed by atoms with Crippen LogP contribution < -0.4 is 9.46 Å². The van der Waals surface area contributed by atoms with Crippen molar-refractivity contribution >= 4 is 10.0 Å². The van der Waals surface area contributed by atoms with Gasteiger partial charge < -0.3 is 4.74 Å². The third-order valence-electron chi connectivity index (χ3n) is 4.51. The van der Waals surface area contributed by atoms with Gasteiger partial charge in [-0.05, 0) is 25.8 Å². The zero-order valence-corrected chi connectivity index (χ0v) is 14.8. The zero-order valence-electron chi connectivity index (χ0n) is 14.0. The molecule has 1 saturated carbocycles. The van der Waals surface area contributed by atoms with Crippen molar-refractivity contribution < 1.29 is 13.2 Å². The average Bonchev–Trinajstić information content (AvgIpc) is 3.22. The first-order valence-corrected chi connectivity index (χ1v) is 9.67. The molecule has 0 aliphatic heterocycles. The summed E-state index contributed by atoms with van der Waals surface area (Å²) < 4.78 is 35.0. The van der Waals surface area contributed by atoms with E-state index in [-0.39, 0.29) is 11.4 Å². The van der Waals surface area contributed by atoms with Crippen molar-refractivity contribution in [1.82, 2.24) is 14.5 Å². The minimum Gasteiger partial charge on any atom is -0.496 e. The first-order chi connectivity index (χ1) is 11.5. The summed E-state index contributed by atoms with van der Waals surface area (Å²) in [6.45, 7) is 1.92. The minimum absolute atomic E-state index is 0.181. The molecule has 2 aromatic rings. The molecule has 7 heteroatoms. The number of hydrogen-bond donors (Lipinski definition) is 1. The van der Waals surface area contributed by atoms with Crippen LogP contribution in [0, 0.1) is 6.92 Å². The Bertz CT molecular complexity index is 808. The molecular weight excluding hydrogens is 326 g/mol. The maximum Gasteiger partial charge on any atom is 0.244 e. The predicted molar refractivity (Wildman–Crippen MR) is 91.5 cm³/mol. The van der Waals surface area contributed by atoms with Crippen LogP contribution in [-0.4, -0.2) is 25.3 Å². The molecule has 0 bridgehead atoms. The maximum absolute atomic E-state index is 12.6. The van der Waals surface area contributed by atoms with Gasteiger partial charge in [-0.1, -0.05) is 31.0 Å². The fourth-order valence-electron chi connectivity index (χ4n) is 3.18. The molecule has 0 unspecified atom stereocenters. The highest BCUT2D eigenvalue weighted by Crippen LogP contribution is 2.30. The number of hydrogen-bond acceptors (Lipinski definition) is 4. The van der Waals surface area contributed by atoms with E-state index in [4.69, 9.17) is 4.74 Å². The monoisotopic (exact) mass is 349 g/mol. The second kappa shape index (κ2) is 6.94. The Balaban J connectivity index is 1.78. The Hall–Kier alpha value is -1.86. The molecular formula is C17H23N3O3S. The van der Waals surface area contributed by atoms with Gasteiger partial charge in [0.2, 0.25) is 10.0 Å². The predicted octanol–water partition coefficient (Wildman–Crippen LogP) is 2.79. The van der Waals surface area contributed by atoms with Crippen molar-refractivity contribution in [2.75, 3.05) is 7.11 Å². The SMILES string of the molecule is COc1ccccc1CNS(=O)(=O)c1cn(C2CCCC2)nc1C. The Kier molecular flexibility index (Phi) is 4.91. The highest BCUT2D eigenvalue weighted by molar-refractivity contribution is 7.89. The van der Waals surface area contributed by atoms with Gasteiger partial charge in [0.25, 0.3) is 0 Å². The van der Waals surface area contributed by atoms with Crippen LogP contribution in [0.4, 0.5) is 0 Å². The Morgan fingerprint density at radius 1 is 1.29 bits per heavy atom. The molecule has 1 aliphatic carbocycles. The normalized spacial score (nSPS) is 15.8. The Labute approximate surface area is 142 Å². The summed E-state index contributed by atoms with van der Waals surface area (Å²) in [5.41, 5.74) is 1.33. The van der Waals surface area contributed by atoms with E-state index in [0.29, 0.717) is 17.5 Å². The summed E-state index contributed by atoms with van der Waals surface area (Å²) in [5, 5.41) is 4.42. The summed E-state index contributed by atoms with van der Waals surface area (Å²) in [4.78, 5) is 0.254. The van der Waals surface area contributed by atoms with Gasteiger partial charge >= 0.3 is 0 Å². The van der Waals surface area contributed by atoms with Gasteiger partial charge in [-0.3, -0.25) is 4.68 Å². The van der Waals surface area contributed by atoms with E-state index in [9.17, 15) is 8.42 Å². The van der Waals surface area contributed by atoms with Crippen LogP contribution in [0.1, 0.15) is 43.0 Å². The van der Waals surface area contributed by atoms with Gasteiger partial charge in [0, 0.05) is 18.3 Å². The summed E-state index contributed by atoms with van der Waals surface area (Å²) in [6, 6.07) is 7.69. The van der Waals surface area contributed by atoms with E-state index in [0.717, 1.165) is 18.4 Å². The second-order valence-electron chi connectivity index (χ2n) is 6.13. The van der Waals surface area contributed by atoms with Crippen molar-refractivity contribution in [3.63, 3.8) is 0 Å². The van der Waals surface area contributed by atoms with Crippen molar-refractivity contribution in [3.8, 4) is 5.75 Å². The number of sulfonamides is 1. The van der Waals surface area contributed by atoms with E-state index in [1.54, 1.807) is 20.2 Å². The molecule has 130 valence electrons. The second-order valence-corrected chi connectivity index (χ2v) is 7.87. The van der Waals surface area contributed by atoms with Crippen LogP contribution in [0.5, 0.6) is 5.75 Å². The molecule has 1 fully saturated rings. The average molecular weight is 349 g/mol. The molecule has 1 aromatic heterocycles. The molecule has 0 amide bonds. The maximum atomic E-state index is 12.6. The fourth-order valence-corrected chi connectivity index (χ4v) is 4.36. The van der Waals surface area contributed by atoms with Gasteiger partial charge in [-0.2, -0.15) is 5.10 Å². The van der Waals surface area contributed by atoms with Crippen LogP contribution >= 0.6 is 0 Å². The quantitative estimate of drug-likeness (QED) is 0.870. The van der Waals surface area contributed by atoms with Crippen molar-refractivity contribution in [2.45, 2.75) is 50.1 Å². The Morgan fingerprint density at radius 3 is 2.71 bits per heavy atom. The summed E-state index contributed by atoms with van der Waals surface area (Å²) in [7, 11) is -2.04. The molecule has 1 aliphatic rings. The smallest absolute Gasteiger partial charge is 0.244 e. The number of para-hydroxylation sites is 1. The number of benzene rings is 1. The van der Waals surface area contributed by atoms with Crippen LogP contribution in [0.15, 0.2) is 35.4 Å². The first-order valence-electron chi connectivity index (χ1n) is 8.18. The lowest BCUT2D eigenvalue weighted by Gasteiger charge is -2.10. The summed E-state index contributed by atoms with van der Waals surface area (Å²) >= 11 is 0. The standard InChI is InChI=1S/C17H23N3O3S/c1-13-17(12-20(19-13)15-8-4-5-9-15)24(21,22)18-11-14-7-3-6-10-16(14)23-2/h3,6-7,10,12,15,18H,4-5,8-9,11H2,1-2H3. The molecule has 3 rings (SSSR count). The van der Waals surface area contributed by atoms with Crippen LogP contribution in [0.2, 0.25) is 0 Å². The van der Waals surface area contributed by atoms with Gasteiger partial charge in [-0.25, -0.2) is 13.1 Å². The van der Waals surface area contributed by atoms with Crippen LogP contribution in [0.3, 0.4) is 0 Å². The minimum atomic E-state index is -3.61. The fraction of sp³-hybridized carbons (Fsp3) is 0.471. The number of aryl methyl sites for hydroxylation is 1. The van der Waals surface area contributed by atoms with E-state index >= 15 is 0 Å². The largest absolute Gasteiger partial charge is 0.496 e. The lowest BCUT2D eigenvalue weighted by molar-refractivity contribution is 0.409. The molecule has 0 atom stereocenters. The van der Waals surface area contributed by atoms with Crippen molar-refractivity contribution in [3.05, 3.63) is 41.7 Å². The number of nitrogens with zero attached hydrogens (tertiary/aromatic N) is 2. The third-order valence-corrected chi connectivity index (χ3v) is 6.01. The van der Waals surface area contributed by atoms with E-state index in [2.05, 4.69) is 9.82 Å². The highest BCUT2D eigenvalue weighted by atomic mass is 32.2. The third kappa shape index (κ3) is 3.47. The molecule has 1 aromatic carbocycles. The molecule has 1 heterocycles. The van der Waals surface area contributed by atoms with E-state index in [1.165, 1.54) is 12.8 Å². The molecule has 0 spiro atoms. The number of methoxy groups -OCH3 is 1. The van der Waals surface area contributed by atoms with Crippen LogP contribution in [0.25, 0.3) is 0 Å². The van der Waals surface area contributed by atoms with Crippen LogP contribution in [-0.2, 0) is 16.6 Å². The number of rotatable bonds is 6. The highest BCUT2D eigenvalue weighted by Gasteiger charge is 2.24. The summed E-state index contributed by atoms with van der Waals surface area (Å²) in [5.74, 6) is 0.665. The van der Waals surface area contributed by atoms with E-state index in [1.807, 2.05) is 28.9 Å². The summed E-state index contributed by atoms with van der Waals surface area (Å²) in [6.07, 6.45) is 6.15. The lowest BCUT2D eigenvalue weighted by Crippen LogP contribution is -2.23. The van der Waals surface area contributed by atoms with Gasteiger partial charge in [0.15, 0.2) is 0 Å². The van der Waals surface area contributed by atoms with Gasteiger partial charge in [0.05, 0.1) is 18.8 Å². The first kappa shape index (κ1) is 17.0. The Morgan fingerprint density at radius 2 is 2.00 bits per heavy atom. The van der Waals surface area contributed by atoms with Gasteiger partial charge in [0.1, 0.15) is 10.6 Å². The molecule has 0 saturated heterocycles. The van der Waals surface area contributed by atoms with Crippen molar-refractivity contribution in [2.24, 2.45) is 0 Å². The lowest BCUT2D eigenvalue weighted by atomic mass is 10.2. The van der Waals surface area contributed by atoms with Gasteiger partial charge in [-0.15, -0.1) is 0 Å². The number of aromatic nitrogens is 2. The van der Waals surface area contributed by atoms with E-state index < -0.39 is 10.0 Å². The molecule has 6 nitrogen and oxygen atoms in total. The topological polar surface area (TPSA) is 73.2 Å². The molecule has 1 N–H and O–H groups in total. The zero-order chi connectivity index (χ0) is 17.2. The molecule has 24 heavy (non-hydrogen) atoms. The number of nitrogens with one attached hydrogen (secondary N) is 1. The van der Waals surface area contributed by atoms with Crippen molar-refractivity contribution in [1.29, 1.82) is 0 Å². The molecule has 0 radical (unpaired) electrons. The number of ether oxygens (including phenoxy) is 1.